The van der Waals surface area contributed by atoms with Gasteiger partial charge in [0.1, 0.15) is 0 Å². The number of rotatable bonds is 3. The molecule has 0 saturated carbocycles. The molecule has 2 N–H and O–H groups in total. The quantitative estimate of drug-likeness (QED) is 0.913. The van der Waals surface area contributed by atoms with Crippen molar-refractivity contribution in [3.63, 3.8) is 0 Å². The third-order valence-electron chi connectivity index (χ3n) is 4.58. The van der Waals surface area contributed by atoms with Crippen LogP contribution in [0.5, 0.6) is 0 Å². The largest absolute Gasteiger partial charge is 0.329 e. The normalized spacial score (nSPS) is 24.9. The van der Waals surface area contributed by atoms with Gasteiger partial charge in [0.15, 0.2) is 0 Å². The predicted octanol–water partition coefficient (Wildman–Crippen LogP) is 3.54. The molecule has 1 aromatic rings. The minimum absolute atomic E-state index is 0.235. The van der Waals surface area contributed by atoms with Crippen molar-refractivity contribution in [3.05, 3.63) is 35.4 Å². The monoisotopic (exact) mass is 274 g/mol. The van der Waals surface area contributed by atoms with Gasteiger partial charge in [-0.05, 0) is 41.8 Å². The van der Waals surface area contributed by atoms with Crippen LogP contribution in [0.2, 0.25) is 0 Å². The zero-order chi connectivity index (χ0) is 14.8. The van der Waals surface area contributed by atoms with Crippen molar-refractivity contribution in [3.8, 4) is 0 Å². The summed E-state index contributed by atoms with van der Waals surface area (Å²) >= 11 is 0. The summed E-state index contributed by atoms with van der Waals surface area (Å²) in [7, 11) is 0. The minimum Gasteiger partial charge on any atom is -0.329 e. The van der Waals surface area contributed by atoms with Crippen molar-refractivity contribution in [1.82, 2.24) is 4.90 Å². The smallest absolute Gasteiger partial charge is 0.0237 e. The van der Waals surface area contributed by atoms with Gasteiger partial charge in [0.25, 0.3) is 0 Å². The van der Waals surface area contributed by atoms with Crippen LogP contribution in [0, 0.1) is 5.92 Å². The molecule has 1 saturated heterocycles. The number of piperidine rings is 1. The van der Waals surface area contributed by atoms with Gasteiger partial charge in [-0.1, -0.05) is 52.0 Å². The molecule has 1 heterocycles. The molecule has 1 aliphatic rings. The van der Waals surface area contributed by atoms with Gasteiger partial charge >= 0.3 is 0 Å². The Morgan fingerprint density at radius 1 is 1.20 bits per heavy atom. The lowest BCUT2D eigenvalue weighted by molar-refractivity contribution is 0.115. The average Bonchev–Trinajstić information content (AvgIpc) is 2.40. The molecule has 2 unspecified atom stereocenters. The topological polar surface area (TPSA) is 29.3 Å². The SMILES string of the molecule is CC1CCN(Cc2ccc(C(C)(C)C)cc2)C(CN)C1. The van der Waals surface area contributed by atoms with Gasteiger partial charge in [-0.2, -0.15) is 0 Å². The van der Waals surface area contributed by atoms with E-state index in [0.717, 1.165) is 19.0 Å². The third kappa shape index (κ3) is 3.83. The maximum atomic E-state index is 5.95. The molecule has 0 aromatic heterocycles. The van der Waals surface area contributed by atoms with E-state index in [0.29, 0.717) is 6.04 Å². The third-order valence-corrected chi connectivity index (χ3v) is 4.58. The van der Waals surface area contributed by atoms with E-state index in [-0.39, 0.29) is 5.41 Å². The van der Waals surface area contributed by atoms with Crippen molar-refractivity contribution in [2.75, 3.05) is 13.1 Å². The van der Waals surface area contributed by atoms with Crippen LogP contribution in [0.15, 0.2) is 24.3 Å². The van der Waals surface area contributed by atoms with Crippen molar-refractivity contribution in [1.29, 1.82) is 0 Å². The van der Waals surface area contributed by atoms with Crippen LogP contribution in [0.4, 0.5) is 0 Å². The second-order valence-electron chi connectivity index (χ2n) is 7.44. The van der Waals surface area contributed by atoms with Gasteiger partial charge in [-0.3, -0.25) is 4.90 Å². The lowest BCUT2D eigenvalue weighted by atomic mass is 9.86. The molecule has 0 amide bonds. The van der Waals surface area contributed by atoms with Crippen LogP contribution in [-0.4, -0.2) is 24.0 Å². The summed E-state index contributed by atoms with van der Waals surface area (Å²) in [5.74, 6) is 0.822. The maximum Gasteiger partial charge on any atom is 0.0237 e. The van der Waals surface area contributed by atoms with Gasteiger partial charge < -0.3 is 5.73 Å². The van der Waals surface area contributed by atoms with E-state index in [1.165, 1.54) is 30.5 Å². The number of nitrogens with two attached hydrogens (primary N) is 1. The molecule has 0 bridgehead atoms. The molecule has 0 aliphatic carbocycles. The minimum atomic E-state index is 0.235. The molecule has 2 nitrogen and oxygen atoms in total. The molecule has 1 fully saturated rings. The van der Waals surface area contributed by atoms with Crippen molar-refractivity contribution in [2.24, 2.45) is 11.7 Å². The van der Waals surface area contributed by atoms with Crippen LogP contribution in [-0.2, 0) is 12.0 Å². The zero-order valence-corrected chi connectivity index (χ0v) is 13.5. The second kappa shape index (κ2) is 6.28. The fraction of sp³-hybridized carbons (Fsp3) is 0.667. The molecule has 1 aliphatic heterocycles. The van der Waals surface area contributed by atoms with Crippen molar-refractivity contribution < 1.29 is 0 Å². The molecule has 1 aromatic carbocycles. The van der Waals surface area contributed by atoms with E-state index in [2.05, 4.69) is 56.9 Å². The summed E-state index contributed by atoms with van der Waals surface area (Å²) in [4.78, 5) is 2.56. The Labute approximate surface area is 124 Å². The fourth-order valence-electron chi connectivity index (χ4n) is 3.10. The van der Waals surface area contributed by atoms with Crippen LogP contribution in [0.3, 0.4) is 0 Å². The van der Waals surface area contributed by atoms with Crippen LogP contribution in [0.1, 0.15) is 51.7 Å². The Hall–Kier alpha value is -0.860. The molecular formula is C18H30N2. The molecule has 20 heavy (non-hydrogen) atoms. The molecule has 0 spiro atoms. The Kier molecular flexibility index (Phi) is 4.87. The highest BCUT2D eigenvalue weighted by molar-refractivity contribution is 5.27. The number of nitrogens with zero attached hydrogens (tertiary/aromatic N) is 1. The number of hydrogen-bond acceptors (Lipinski definition) is 2. The molecule has 2 heteroatoms. The summed E-state index contributed by atoms with van der Waals surface area (Å²) in [6.45, 7) is 12.1. The zero-order valence-electron chi connectivity index (χ0n) is 13.5. The summed E-state index contributed by atoms with van der Waals surface area (Å²) < 4.78 is 0. The second-order valence-corrected chi connectivity index (χ2v) is 7.44. The first kappa shape index (κ1) is 15.5. The van der Waals surface area contributed by atoms with Gasteiger partial charge in [0.05, 0.1) is 0 Å². The lowest BCUT2D eigenvalue weighted by Gasteiger charge is -2.38. The molecular weight excluding hydrogens is 244 g/mol. The molecule has 2 atom stereocenters. The van der Waals surface area contributed by atoms with E-state index in [1.807, 2.05) is 0 Å². The number of benzene rings is 1. The highest BCUT2D eigenvalue weighted by Gasteiger charge is 2.25. The maximum absolute atomic E-state index is 5.95. The van der Waals surface area contributed by atoms with E-state index in [4.69, 9.17) is 5.73 Å². The summed E-state index contributed by atoms with van der Waals surface area (Å²) in [6, 6.07) is 9.68. The van der Waals surface area contributed by atoms with Crippen LogP contribution < -0.4 is 5.73 Å². The Morgan fingerprint density at radius 3 is 2.40 bits per heavy atom. The van der Waals surface area contributed by atoms with E-state index in [9.17, 15) is 0 Å². The first-order valence-corrected chi connectivity index (χ1v) is 7.93. The summed E-state index contributed by atoms with van der Waals surface area (Å²) in [5, 5.41) is 0. The summed E-state index contributed by atoms with van der Waals surface area (Å²) in [6.07, 6.45) is 2.55. The molecule has 112 valence electrons. The van der Waals surface area contributed by atoms with Crippen LogP contribution >= 0.6 is 0 Å². The molecule has 0 radical (unpaired) electrons. The average molecular weight is 274 g/mol. The fourth-order valence-corrected chi connectivity index (χ4v) is 3.10. The standard InChI is InChI=1S/C18H30N2/c1-14-9-10-20(17(11-14)12-19)13-15-5-7-16(8-6-15)18(2,3)4/h5-8,14,17H,9-13,19H2,1-4H3. The van der Waals surface area contributed by atoms with Gasteiger partial charge in [0.2, 0.25) is 0 Å². The van der Waals surface area contributed by atoms with Gasteiger partial charge in [-0.15, -0.1) is 0 Å². The van der Waals surface area contributed by atoms with E-state index >= 15 is 0 Å². The Balaban J connectivity index is 2.02. The highest BCUT2D eigenvalue weighted by atomic mass is 15.2. The van der Waals surface area contributed by atoms with Crippen molar-refractivity contribution >= 4 is 0 Å². The predicted molar refractivity (Wildman–Crippen MR) is 86.8 cm³/mol. The molecule has 2 rings (SSSR count). The Morgan fingerprint density at radius 2 is 1.85 bits per heavy atom. The Bertz CT molecular complexity index is 416. The first-order chi connectivity index (χ1) is 9.40. The van der Waals surface area contributed by atoms with Gasteiger partial charge in [0, 0.05) is 19.1 Å². The van der Waals surface area contributed by atoms with Crippen LogP contribution in [0.25, 0.3) is 0 Å². The number of likely N-dealkylation sites (tertiary alicyclic amines) is 1. The first-order valence-electron chi connectivity index (χ1n) is 7.93. The highest BCUT2D eigenvalue weighted by Crippen LogP contribution is 2.25. The van der Waals surface area contributed by atoms with E-state index in [1.54, 1.807) is 0 Å². The van der Waals surface area contributed by atoms with Crippen molar-refractivity contribution in [2.45, 2.75) is 58.5 Å². The number of hydrogen-bond donors (Lipinski definition) is 1. The van der Waals surface area contributed by atoms with E-state index < -0.39 is 0 Å². The van der Waals surface area contributed by atoms with Gasteiger partial charge in [-0.25, -0.2) is 0 Å². The summed E-state index contributed by atoms with van der Waals surface area (Å²) in [5.41, 5.74) is 9.00. The lowest BCUT2D eigenvalue weighted by Crippen LogP contribution is -2.45.